The fourth-order valence-electron chi connectivity index (χ4n) is 7.76. The molecule has 0 aliphatic carbocycles. The number of rotatable bonds is 16. The lowest BCUT2D eigenvalue weighted by Crippen LogP contribution is -2.59. The molecule has 50 heavy (non-hydrogen) atoms. The van der Waals surface area contributed by atoms with Crippen molar-refractivity contribution in [2.75, 3.05) is 24.7 Å². The minimum absolute atomic E-state index is 0.0857. The van der Waals surface area contributed by atoms with Crippen molar-refractivity contribution in [2.24, 2.45) is 17.8 Å². The monoisotopic (exact) mass is 769 g/mol. The number of amides is 3. The zero-order valence-corrected chi connectivity index (χ0v) is 30.7. The second-order valence-corrected chi connectivity index (χ2v) is 15.1. The van der Waals surface area contributed by atoms with Crippen LogP contribution < -0.4 is 10.2 Å². The van der Waals surface area contributed by atoms with Crippen molar-refractivity contribution in [1.29, 1.82) is 0 Å². The molecule has 5 rings (SSSR count). The Kier molecular flexibility index (Phi) is 12.2. The van der Waals surface area contributed by atoms with Gasteiger partial charge in [-0.1, -0.05) is 96.0 Å². The number of nitrogens with zero attached hydrogens (tertiary/aromatic N) is 2. The second-order valence-electron chi connectivity index (χ2n) is 13.5. The molecule has 0 saturated carbocycles. The topological polar surface area (TPSA) is 125 Å². The van der Waals surface area contributed by atoms with Crippen LogP contribution in [0.1, 0.15) is 51.1 Å². The van der Waals surface area contributed by atoms with Gasteiger partial charge in [0.05, 0.1) is 47.3 Å². The number of carbonyl (C=O) groups is 4. The zero-order chi connectivity index (χ0) is 36.2. The summed E-state index contributed by atoms with van der Waals surface area (Å²) in [5.74, 6) is -3.64. The van der Waals surface area contributed by atoms with E-state index in [4.69, 9.17) is 21.1 Å². The summed E-state index contributed by atoms with van der Waals surface area (Å²) in [6.07, 6.45) is 3.83. The van der Waals surface area contributed by atoms with Gasteiger partial charge in [0.1, 0.15) is 18.2 Å². The summed E-state index contributed by atoms with van der Waals surface area (Å²) in [6.45, 7) is 11.1. The van der Waals surface area contributed by atoms with Crippen molar-refractivity contribution < 1.29 is 33.8 Å². The summed E-state index contributed by atoms with van der Waals surface area (Å²) in [7, 11) is 0. The zero-order valence-electron chi connectivity index (χ0n) is 28.4. The molecule has 1 spiro atoms. The summed E-state index contributed by atoms with van der Waals surface area (Å²) in [4.78, 5) is 59.2. The molecule has 3 aliphatic rings. The highest BCUT2D eigenvalue weighted by molar-refractivity contribution is 9.09. The highest BCUT2D eigenvalue weighted by atomic mass is 79.9. The van der Waals surface area contributed by atoms with Crippen molar-refractivity contribution in [3.8, 4) is 0 Å². The number of nitrogens with one attached hydrogen (secondary N) is 1. The summed E-state index contributed by atoms with van der Waals surface area (Å²) >= 11 is 10.3. The smallest absolute Gasteiger partial charge is 0.306 e. The Hall–Kier alpha value is -3.51. The molecule has 2 N–H and O–H groups in total. The van der Waals surface area contributed by atoms with Gasteiger partial charge in [-0.25, -0.2) is 0 Å². The van der Waals surface area contributed by atoms with E-state index in [0.29, 0.717) is 23.6 Å². The molecule has 268 valence electrons. The SMILES string of the molecule is C=CCCC(=O)OC[C@@H](NC(=O)[C@H]1[C@@H]2O[C@@]3(CC2Br)[C@@H]1C(=O)N([C@@H](CO)CC(C)C)[C@@H]3C(=O)N(CC=C)c1ccccc1Cl)c1ccccc1. The summed E-state index contributed by atoms with van der Waals surface area (Å²) in [5, 5.41) is 14.1. The molecule has 2 aromatic carbocycles. The third-order valence-corrected chi connectivity index (χ3v) is 11.0. The van der Waals surface area contributed by atoms with Gasteiger partial charge >= 0.3 is 5.97 Å². The maximum absolute atomic E-state index is 14.9. The summed E-state index contributed by atoms with van der Waals surface area (Å²) in [5.41, 5.74) is -0.211. The molecule has 8 atom stereocenters. The van der Waals surface area contributed by atoms with Gasteiger partial charge in [-0.15, -0.1) is 13.2 Å². The maximum Gasteiger partial charge on any atom is 0.306 e. The predicted molar refractivity (Wildman–Crippen MR) is 195 cm³/mol. The van der Waals surface area contributed by atoms with Crippen molar-refractivity contribution in [3.05, 3.63) is 90.5 Å². The molecule has 1 unspecified atom stereocenters. The average Bonchev–Trinajstić information content (AvgIpc) is 3.70. The van der Waals surface area contributed by atoms with E-state index in [1.54, 1.807) is 36.4 Å². The normalized spacial score (nSPS) is 26.3. The number of hydrogen-bond donors (Lipinski definition) is 2. The first-order valence-electron chi connectivity index (χ1n) is 17.0. The highest BCUT2D eigenvalue weighted by Gasteiger charge is 2.77. The molecular weight excluding hydrogens is 726 g/mol. The number of alkyl halides is 1. The van der Waals surface area contributed by atoms with Crippen LogP contribution in [0.3, 0.4) is 0 Å². The molecular formula is C38H45BrClN3O7. The van der Waals surface area contributed by atoms with Crippen LogP contribution >= 0.6 is 27.5 Å². The first-order valence-corrected chi connectivity index (χ1v) is 18.3. The first kappa shape index (κ1) is 37.7. The van der Waals surface area contributed by atoms with Crippen LogP contribution in [0.5, 0.6) is 0 Å². The minimum atomic E-state index is -1.38. The van der Waals surface area contributed by atoms with Crippen LogP contribution in [-0.2, 0) is 28.7 Å². The number of para-hydroxylation sites is 1. The number of benzene rings is 2. The lowest BCUT2D eigenvalue weighted by molar-refractivity contribution is -0.146. The molecule has 2 bridgehead atoms. The lowest BCUT2D eigenvalue weighted by Gasteiger charge is -2.40. The standard InChI is InChI=1S/C38H45BrClN3O7/c1-5-7-17-30(45)49-22-28(24-13-9-8-10-14-24)41-35(46)31-32-36(47)43(25(21-44)19-23(3)4)34(38(32)20-26(39)33(31)50-38)37(48)42(18-6-2)29-16-12-11-15-27(29)40/h5-6,8-16,23,25-26,28,31-34,44H,1-2,7,17-22H2,3-4H3,(H,41,46)/t25-,26?,28-,31-,32+,33-,34-,38+/m1/s1. The Bertz CT molecular complexity index is 1590. The molecule has 3 heterocycles. The summed E-state index contributed by atoms with van der Waals surface area (Å²) in [6, 6.07) is 13.5. The quantitative estimate of drug-likeness (QED) is 0.134. The highest BCUT2D eigenvalue weighted by Crippen LogP contribution is 2.61. The molecule has 3 aliphatic heterocycles. The molecule has 3 amide bonds. The van der Waals surface area contributed by atoms with Gasteiger partial charge in [-0.2, -0.15) is 0 Å². The lowest BCUT2D eigenvalue weighted by atomic mass is 9.70. The van der Waals surface area contributed by atoms with E-state index < -0.39 is 65.4 Å². The largest absolute Gasteiger partial charge is 0.463 e. The fraction of sp³-hybridized carbons (Fsp3) is 0.474. The molecule has 10 nitrogen and oxygen atoms in total. The molecule has 0 radical (unpaired) electrons. The molecule has 12 heteroatoms. The Morgan fingerprint density at radius 3 is 2.50 bits per heavy atom. The number of ether oxygens (including phenoxy) is 2. The minimum Gasteiger partial charge on any atom is -0.463 e. The van der Waals surface area contributed by atoms with Crippen LogP contribution in [0.2, 0.25) is 5.02 Å². The van der Waals surface area contributed by atoms with E-state index in [1.165, 1.54) is 9.80 Å². The predicted octanol–water partition coefficient (Wildman–Crippen LogP) is 5.38. The van der Waals surface area contributed by atoms with Gasteiger partial charge in [0.25, 0.3) is 5.91 Å². The Morgan fingerprint density at radius 1 is 1.16 bits per heavy atom. The van der Waals surface area contributed by atoms with Gasteiger partial charge in [-0.05, 0) is 42.9 Å². The first-order chi connectivity index (χ1) is 24.0. The van der Waals surface area contributed by atoms with Gasteiger partial charge in [-0.3, -0.25) is 19.2 Å². The number of carbonyl (C=O) groups excluding carboxylic acids is 4. The van der Waals surface area contributed by atoms with Crippen LogP contribution in [0.15, 0.2) is 79.9 Å². The van der Waals surface area contributed by atoms with E-state index in [0.717, 1.165) is 5.56 Å². The summed E-state index contributed by atoms with van der Waals surface area (Å²) < 4.78 is 12.3. The number of anilines is 1. The molecule has 2 aromatic rings. The number of aliphatic hydroxyl groups excluding tert-OH is 1. The number of likely N-dealkylation sites (tertiary alicyclic amines) is 1. The van der Waals surface area contributed by atoms with Gasteiger partial charge < -0.3 is 29.7 Å². The van der Waals surface area contributed by atoms with Gasteiger partial charge in [0.15, 0.2) is 0 Å². The molecule has 3 saturated heterocycles. The average molecular weight is 771 g/mol. The molecule has 3 fully saturated rings. The van der Waals surface area contributed by atoms with Crippen molar-refractivity contribution in [1.82, 2.24) is 10.2 Å². The number of allylic oxidation sites excluding steroid dienone is 1. The number of hydrogen-bond acceptors (Lipinski definition) is 7. The third-order valence-electron chi connectivity index (χ3n) is 9.81. The Balaban J connectivity index is 1.54. The van der Waals surface area contributed by atoms with Crippen LogP contribution in [0.4, 0.5) is 5.69 Å². The number of esters is 1. The van der Waals surface area contributed by atoms with E-state index in [1.807, 2.05) is 44.2 Å². The van der Waals surface area contributed by atoms with Crippen molar-refractivity contribution in [3.63, 3.8) is 0 Å². The third kappa shape index (κ3) is 7.28. The van der Waals surface area contributed by atoms with Crippen LogP contribution in [0, 0.1) is 17.8 Å². The Morgan fingerprint density at radius 2 is 1.86 bits per heavy atom. The van der Waals surface area contributed by atoms with E-state index in [-0.39, 0.29) is 43.3 Å². The number of fused-ring (bicyclic) bond motifs is 1. The fourth-order valence-corrected chi connectivity index (χ4v) is 8.94. The number of halogens is 2. The maximum atomic E-state index is 14.9. The number of aliphatic hydroxyl groups is 1. The van der Waals surface area contributed by atoms with E-state index >= 15 is 0 Å². The van der Waals surface area contributed by atoms with Crippen LogP contribution in [-0.4, -0.2) is 82.1 Å². The van der Waals surface area contributed by atoms with Crippen LogP contribution in [0.25, 0.3) is 0 Å². The van der Waals surface area contributed by atoms with E-state index in [9.17, 15) is 24.3 Å². The van der Waals surface area contributed by atoms with Gasteiger partial charge in [0.2, 0.25) is 11.8 Å². The van der Waals surface area contributed by atoms with Crippen molar-refractivity contribution in [2.45, 2.75) is 74.2 Å². The van der Waals surface area contributed by atoms with Gasteiger partial charge in [0, 0.05) is 17.8 Å². The molecule has 0 aromatic heterocycles. The second kappa shape index (κ2) is 16.2. The van der Waals surface area contributed by atoms with Crippen molar-refractivity contribution >= 4 is 56.9 Å². The van der Waals surface area contributed by atoms with E-state index in [2.05, 4.69) is 34.4 Å². The Labute approximate surface area is 306 Å².